The number of aromatic nitrogens is 1. The van der Waals surface area contributed by atoms with Crippen LogP contribution in [0.1, 0.15) is 28.0 Å². The van der Waals surface area contributed by atoms with E-state index in [2.05, 4.69) is 4.98 Å². The van der Waals surface area contributed by atoms with Crippen molar-refractivity contribution in [1.29, 1.82) is 0 Å². The lowest BCUT2D eigenvalue weighted by atomic mass is 10.1. The quantitative estimate of drug-likeness (QED) is 0.308. The predicted octanol–water partition coefficient (Wildman–Crippen LogP) is 5.36. The molecule has 0 saturated heterocycles. The molecule has 3 rings (SSSR count). The smallest absolute Gasteiger partial charge is 0.352 e. The molecule has 144 valence electrons. The largest absolute Gasteiger partial charge is 0.477 e. The molecule has 0 unspecified atom stereocenters. The third-order valence-corrected chi connectivity index (χ3v) is 4.67. The molecule has 5 nitrogen and oxygen atoms in total. The highest BCUT2D eigenvalue weighted by Gasteiger charge is 2.18. The van der Waals surface area contributed by atoms with Gasteiger partial charge in [-0.3, -0.25) is 0 Å². The second-order valence-electron chi connectivity index (χ2n) is 6.12. The van der Waals surface area contributed by atoms with Gasteiger partial charge in [-0.25, -0.2) is 9.59 Å². The van der Waals surface area contributed by atoms with E-state index in [1.54, 1.807) is 6.07 Å². The van der Waals surface area contributed by atoms with E-state index in [4.69, 9.17) is 27.9 Å². The van der Waals surface area contributed by atoms with Crippen LogP contribution in [-0.2, 0) is 16.0 Å². The summed E-state index contributed by atoms with van der Waals surface area (Å²) in [6.07, 6.45) is 4.09. The van der Waals surface area contributed by atoms with Gasteiger partial charge in [0.25, 0.3) is 0 Å². The van der Waals surface area contributed by atoms with E-state index in [-0.39, 0.29) is 12.3 Å². The molecule has 0 aliphatic heterocycles. The number of fused-ring (bicyclic) bond motifs is 1. The van der Waals surface area contributed by atoms with Gasteiger partial charge in [-0.15, -0.1) is 0 Å². The van der Waals surface area contributed by atoms with Crippen LogP contribution in [0.25, 0.3) is 17.0 Å². The van der Waals surface area contributed by atoms with Crippen LogP contribution in [0.15, 0.2) is 48.5 Å². The Bertz CT molecular complexity index is 1040. The van der Waals surface area contributed by atoms with E-state index in [1.165, 1.54) is 23.8 Å². The number of nitrogens with one attached hydrogen (secondary N) is 1. The summed E-state index contributed by atoms with van der Waals surface area (Å²) in [4.78, 5) is 26.3. The molecule has 0 radical (unpaired) electrons. The second kappa shape index (κ2) is 8.95. The summed E-state index contributed by atoms with van der Waals surface area (Å²) in [7, 11) is 0. The molecule has 0 fully saturated rings. The van der Waals surface area contributed by atoms with Gasteiger partial charge in [-0.1, -0.05) is 53.5 Å². The first-order chi connectivity index (χ1) is 13.5. The maximum Gasteiger partial charge on any atom is 0.352 e. The van der Waals surface area contributed by atoms with Crippen molar-refractivity contribution in [3.63, 3.8) is 0 Å². The van der Waals surface area contributed by atoms with E-state index in [9.17, 15) is 14.7 Å². The molecule has 0 amide bonds. The zero-order valence-corrected chi connectivity index (χ0v) is 16.3. The number of ether oxygens (including phenoxy) is 1. The first-order valence-corrected chi connectivity index (χ1v) is 9.34. The summed E-state index contributed by atoms with van der Waals surface area (Å²) in [5.74, 6) is -1.72. The zero-order chi connectivity index (χ0) is 20.1. The highest BCUT2D eigenvalue weighted by Crippen LogP contribution is 2.33. The fourth-order valence-corrected chi connectivity index (χ4v) is 3.50. The number of carbonyl (C=O) groups excluding carboxylic acids is 1. The summed E-state index contributed by atoms with van der Waals surface area (Å²) < 4.78 is 5.19. The Morgan fingerprint density at radius 2 is 1.89 bits per heavy atom. The van der Waals surface area contributed by atoms with Crippen LogP contribution < -0.4 is 0 Å². The number of hydrogen-bond donors (Lipinski definition) is 2. The van der Waals surface area contributed by atoms with Gasteiger partial charge in [-0.05, 0) is 36.6 Å². The lowest BCUT2D eigenvalue weighted by Gasteiger charge is -2.03. The Kier molecular flexibility index (Phi) is 6.39. The van der Waals surface area contributed by atoms with Crippen LogP contribution in [0, 0.1) is 0 Å². The Labute approximate surface area is 171 Å². The molecule has 2 aromatic carbocycles. The van der Waals surface area contributed by atoms with Crippen LogP contribution in [0.3, 0.4) is 0 Å². The van der Waals surface area contributed by atoms with E-state index < -0.39 is 11.9 Å². The van der Waals surface area contributed by atoms with E-state index in [1.807, 2.05) is 30.3 Å². The number of carboxylic acids is 1. The van der Waals surface area contributed by atoms with Crippen molar-refractivity contribution in [1.82, 2.24) is 4.98 Å². The van der Waals surface area contributed by atoms with Gasteiger partial charge in [-0.2, -0.15) is 0 Å². The van der Waals surface area contributed by atoms with Crippen molar-refractivity contribution < 1.29 is 19.4 Å². The molecule has 0 bridgehead atoms. The Hall–Kier alpha value is -2.76. The molecule has 0 saturated carbocycles. The van der Waals surface area contributed by atoms with Crippen LogP contribution in [0.2, 0.25) is 10.0 Å². The van der Waals surface area contributed by atoms with Crippen LogP contribution in [-0.4, -0.2) is 28.6 Å². The minimum atomic E-state index is -1.17. The molecule has 1 heterocycles. The summed E-state index contributed by atoms with van der Waals surface area (Å²) >= 11 is 12.2. The number of halogens is 2. The predicted molar refractivity (Wildman–Crippen MR) is 110 cm³/mol. The maximum atomic E-state index is 12.0. The number of H-pyrrole nitrogens is 1. The van der Waals surface area contributed by atoms with Crippen molar-refractivity contribution in [3.8, 4) is 0 Å². The van der Waals surface area contributed by atoms with Gasteiger partial charge in [0.1, 0.15) is 5.69 Å². The first-order valence-electron chi connectivity index (χ1n) is 8.58. The van der Waals surface area contributed by atoms with Gasteiger partial charge in [0.05, 0.1) is 11.6 Å². The second-order valence-corrected chi connectivity index (χ2v) is 6.96. The molecule has 2 N–H and O–H groups in total. The minimum Gasteiger partial charge on any atom is -0.477 e. The normalized spacial score (nSPS) is 11.2. The first kappa shape index (κ1) is 20.0. The molecule has 0 spiro atoms. The fourth-order valence-electron chi connectivity index (χ4n) is 2.90. The van der Waals surface area contributed by atoms with Crippen LogP contribution in [0.4, 0.5) is 0 Å². The third kappa shape index (κ3) is 4.74. The minimum absolute atomic E-state index is 0.0766. The number of rotatable bonds is 7. The Morgan fingerprint density at radius 1 is 1.14 bits per heavy atom. The average Bonchev–Trinajstić information content (AvgIpc) is 3.03. The zero-order valence-electron chi connectivity index (χ0n) is 14.7. The summed E-state index contributed by atoms with van der Waals surface area (Å²) in [5, 5.41) is 10.6. The molecular weight excluding hydrogens is 401 g/mol. The number of carboxylic acid groups (broad SMARTS) is 1. The van der Waals surface area contributed by atoms with E-state index in [0.29, 0.717) is 32.9 Å². The number of aromatic carboxylic acids is 1. The molecule has 0 aliphatic carbocycles. The highest BCUT2D eigenvalue weighted by molar-refractivity contribution is 6.39. The number of aryl methyl sites for hydroxylation is 1. The van der Waals surface area contributed by atoms with Crippen molar-refractivity contribution >= 4 is 52.1 Å². The van der Waals surface area contributed by atoms with E-state index >= 15 is 0 Å². The van der Waals surface area contributed by atoms with Crippen molar-refractivity contribution in [2.75, 3.05) is 6.61 Å². The molecule has 28 heavy (non-hydrogen) atoms. The van der Waals surface area contributed by atoms with Crippen LogP contribution >= 0.6 is 23.2 Å². The van der Waals surface area contributed by atoms with Gasteiger partial charge in [0.2, 0.25) is 0 Å². The molecule has 7 heteroatoms. The fraction of sp³-hybridized carbons (Fsp3) is 0.143. The number of hydrogen-bond acceptors (Lipinski definition) is 3. The molecular formula is C21H17Cl2NO4. The number of benzene rings is 2. The lowest BCUT2D eigenvalue weighted by molar-refractivity contribution is -0.137. The highest BCUT2D eigenvalue weighted by atomic mass is 35.5. The van der Waals surface area contributed by atoms with Gasteiger partial charge < -0.3 is 14.8 Å². The SMILES string of the molecule is O=C(/C=C/c1c(C(=O)O)[nH]c2cc(Cl)cc(Cl)c12)OCCCc1ccccc1. The van der Waals surface area contributed by atoms with E-state index in [0.717, 1.165) is 6.42 Å². The average molecular weight is 418 g/mol. The third-order valence-electron chi connectivity index (χ3n) is 4.15. The number of aromatic amines is 1. The molecule has 0 aliphatic rings. The van der Waals surface area contributed by atoms with Gasteiger partial charge in [0.15, 0.2) is 0 Å². The van der Waals surface area contributed by atoms with Gasteiger partial charge >= 0.3 is 11.9 Å². The lowest BCUT2D eigenvalue weighted by Crippen LogP contribution is -2.04. The van der Waals surface area contributed by atoms with Crippen molar-refractivity contribution in [3.05, 3.63) is 75.4 Å². The molecule has 0 atom stereocenters. The summed E-state index contributed by atoms with van der Waals surface area (Å²) in [6, 6.07) is 13.0. The monoisotopic (exact) mass is 417 g/mol. The standard InChI is InChI=1S/C21H17Cl2NO4/c22-14-11-16(23)19-15(20(21(26)27)24-17(19)12-14)8-9-18(25)28-10-4-7-13-5-2-1-3-6-13/h1-3,5-6,8-9,11-12,24H,4,7,10H2,(H,26,27)/b9-8+. The number of esters is 1. The Balaban J connectivity index is 1.69. The molecule has 3 aromatic rings. The van der Waals surface area contributed by atoms with Crippen molar-refractivity contribution in [2.24, 2.45) is 0 Å². The topological polar surface area (TPSA) is 79.4 Å². The Morgan fingerprint density at radius 3 is 2.61 bits per heavy atom. The van der Waals surface area contributed by atoms with Crippen LogP contribution in [0.5, 0.6) is 0 Å². The summed E-state index contributed by atoms with van der Waals surface area (Å²) in [5.41, 5.74) is 1.87. The molecule has 1 aromatic heterocycles. The maximum absolute atomic E-state index is 12.0. The van der Waals surface area contributed by atoms with Gasteiger partial charge in [0, 0.05) is 27.6 Å². The summed E-state index contributed by atoms with van der Waals surface area (Å²) in [6.45, 7) is 0.272. The number of carbonyl (C=O) groups is 2. The van der Waals surface area contributed by atoms with Crippen molar-refractivity contribution in [2.45, 2.75) is 12.8 Å².